The smallest absolute Gasteiger partial charge is 0.144 e. The van der Waals surface area contributed by atoms with Crippen LogP contribution in [0, 0.1) is 0 Å². The van der Waals surface area contributed by atoms with Crippen LogP contribution < -0.4 is 5.32 Å². The molecule has 0 aliphatic heterocycles. The average Bonchev–Trinajstić information content (AvgIpc) is 2.17. The van der Waals surface area contributed by atoms with Gasteiger partial charge in [0.15, 0.2) is 0 Å². The topological polar surface area (TPSA) is 29.1 Å². The van der Waals surface area contributed by atoms with Crippen LogP contribution in [-0.2, 0) is 11.3 Å². The van der Waals surface area contributed by atoms with Gasteiger partial charge in [0.2, 0.25) is 0 Å². The number of aldehydes is 1. The largest absolute Gasteiger partial charge is 0.384 e. The molecule has 0 aliphatic rings. The molecule has 0 aliphatic carbocycles. The van der Waals surface area contributed by atoms with Crippen molar-refractivity contribution in [3.8, 4) is 0 Å². The Bertz CT molecular complexity index is 290. The summed E-state index contributed by atoms with van der Waals surface area (Å²) in [6, 6.07) is 10.1. The molecule has 0 aromatic heterocycles. The van der Waals surface area contributed by atoms with E-state index in [4.69, 9.17) is 0 Å². The van der Waals surface area contributed by atoms with E-state index in [0.717, 1.165) is 18.5 Å². The molecule has 0 saturated carbocycles. The summed E-state index contributed by atoms with van der Waals surface area (Å²) in [5.41, 5.74) is 2.10. The highest BCUT2D eigenvalue weighted by molar-refractivity contribution is 5.65. The maximum atomic E-state index is 10.1. The van der Waals surface area contributed by atoms with Crippen LogP contribution in [0.25, 0.3) is 0 Å². The van der Waals surface area contributed by atoms with Gasteiger partial charge in [0, 0.05) is 12.2 Å². The number of nitrogens with one attached hydrogen (secondary N) is 1. The zero-order chi connectivity index (χ0) is 9.52. The fourth-order valence-corrected chi connectivity index (χ4v) is 0.998. The van der Waals surface area contributed by atoms with Crippen molar-refractivity contribution < 1.29 is 4.79 Å². The summed E-state index contributed by atoms with van der Waals surface area (Å²) < 4.78 is 0. The molecule has 2 heteroatoms. The molecule has 0 radical (unpaired) electrons. The third kappa shape index (κ3) is 3.56. The lowest BCUT2D eigenvalue weighted by Crippen LogP contribution is -2.10. The maximum absolute atomic E-state index is 10.1. The van der Waals surface area contributed by atoms with Gasteiger partial charge < -0.3 is 5.32 Å². The van der Waals surface area contributed by atoms with Gasteiger partial charge in [-0.3, -0.25) is 4.79 Å². The first kappa shape index (κ1) is 9.52. The summed E-state index contributed by atoms with van der Waals surface area (Å²) in [5, 5.41) is 3.13. The van der Waals surface area contributed by atoms with Crippen molar-refractivity contribution in [2.24, 2.45) is 0 Å². The number of rotatable bonds is 4. The summed E-state index contributed by atoms with van der Waals surface area (Å²) in [7, 11) is 0. The number of carbonyl (C=O) groups is 1. The highest BCUT2D eigenvalue weighted by Gasteiger charge is 1.89. The molecule has 0 heterocycles. The highest BCUT2D eigenvalue weighted by atomic mass is 16.1. The van der Waals surface area contributed by atoms with Crippen molar-refractivity contribution in [2.75, 3.05) is 0 Å². The molecule has 0 unspecified atom stereocenters. The van der Waals surface area contributed by atoms with Crippen LogP contribution in [0.2, 0.25) is 0 Å². The van der Waals surface area contributed by atoms with Crippen LogP contribution in [0.1, 0.15) is 12.5 Å². The van der Waals surface area contributed by atoms with Crippen molar-refractivity contribution in [2.45, 2.75) is 13.5 Å². The predicted octanol–water partition coefficient (Wildman–Crippen LogP) is 1.88. The van der Waals surface area contributed by atoms with Gasteiger partial charge in [-0.2, -0.15) is 0 Å². The summed E-state index contributed by atoms with van der Waals surface area (Å²) in [4.78, 5) is 10.1. The Hall–Kier alpha value is -1.57. The quantitative estimate of drug-likeness (QED) is 0.559. The number of allylic oxidation sites excluding steroid dienone is 2. The molecule has 0 spiro atoms. The van der Waals surface area contributed by atoms with Crippen LogP contribution in [0.3, 0.4) is 0 Å². The molecular formula is C11H13NO. The summed E-state index contributed by atoms with van der Waals surface area (Å²) in [6.07, 6.45) is 2.30. The molecule has 13 heavy (non-hydrogen) atoms. The van der Waals surface area contributed by atoms with Crippen LogP contribution in [-0.4, -0.2) is 6.29 Å². The molecule has 0 bridgehead atoms. The van der Waals surface area contributed by atoms with Crippen LogP contribution in [0.15, 0.2) is 42.1 Å². The first-order chi connectivity index (χ1) is 6.33. The summed E-state index contributed by atoms with van der Waals surface area (Å²) in [6.45, 7) is 2.63. The van der Waals surface area contributed by atoms with Crippen molar-refractivity contribution >= 4 is 6.29 Å². The van der Waals surface area contributed by atoms with Crippen LogP contribution in [0.4, 0.5) is 0 Å². The lowest BCUT2D eigenvalue weighted by atomic mass is 10.2. The Morgan fingerprint density at radius 1 is 1.38 bits per heavy atom. The number of hydrogen-bond acceptors (Lipinski definition) is 2. The number of carbonyl (C=O) groups excluding carboxylic acids is 1. The number of hydrogen-bond donors (Lipinski definition) is 1. The Morgan fingerprint density at radius 2 is 2.08 bits per heavy atom. The Morgan fingerprint density at radius 3 is 2.69 bits per heavy atom. The second kappa shape index (κ2) is 5.14. The molecule has 0 amide bonds. The van der Waals surface area contributed by atoms with Crippen LogP contribution in [0.5, 0.6) is 0 Å². The van der Waals surface area contributed by atoms with Gasteiger partial charge in [0.25, 0.3) is 0 Å². The van der Waals surface area contributed by atoms with Crippen molar-refractivity contribution in [1.82, 2.24) is 5.32 Å². The van der Waals surface area contributed by atoms with E-state index < -0.39 is 0 Å². The minimum atomic E-state index is 0.761. The molecule has 1 aromatic carbocycles. The summed E-state index contributed by atoms with van der Waals surface area (Å²) in [5.74, 6) is 0. The second-order valence-electron chi connectivity index (χ2n) is 2.82. The van der Waals surface area contributed by atoms with Crippen LogP contribution >= 0.6 is 0 Å². The molecule has 1 aromatic rings. The van der Waals surface area contributed by atoms with E-state index in [1.807, 2.05) is 37.3 Å². The van der Waals surface area contributed by atoms with Gasteiger partial charge in [-0.15, -0.1) is 0 Å². The van der Waals surface area contributed by atoms with E-state index in [-0.39, 0.29) is 0 Å². The van der Waals surface area contributed by atoms with E-state index in [0.29, 0.717) is 0 Å². The zero-order valence-electron chi connectivity index (χ0n) is 7.66. The molecular weight excluding hydrogens is 162 g/mol. The predicted molar refractivity (Wildman–Crippen MR) is 53.1 cm³/mol. The molecule has 0 fully saturated rings. The van der Waals surface area contributed by atoms with E-state index in [2.05, 4.69) is 5.32 Å². The van der Waals surface area contributed by atoms with Gasteiger partial charge in [-0.1, -0.05) is 30.3 Å². The highest BCUT2D eigenvalue weighted by Crippen LogP contribution is 1.98. The zero-order valence-corrected chi connectivity index (χ0v) is 7.66. The number of benzene rings is 1. The first-order valence-corrected chi connectivity index (χ1v) is 4.23. The third-order valence-electron chi connectivity index (χ3n) is 1.73. The SMILES string of the molecule is C/C(=C/C=O)NCc1ccccc1. The third-order valence-corrected chi connectivity index (χ3v) is 1.73. The van der Waals surface area contributed by atoms with Gasteiger partial charge in [-0.05, 0) is 18.6 Å². The van der Waals surface area contributed by atoms with Gasteiger partial charge in [-0.25, -0.2) is 0 Å². The van der Waals surface area contributed by atoms with E-state index in [9.17, 15) is 4.79 Å². The maximum Gasteiger partial charge on any atom is 0.144 e. The minimum Gasteiger partial charge on any atom is -0.384 e. The molecule has 1 rings (SSSR count). The lowest BCUT2D eigenvalue weighted by molar-refractivity contribution is -0.104. The van der Waals surface area contributed by atoms with E-state index >= 15 is 0 Å². The molecule has 68 valence electrons. The average molecular weight is 175 g/mol. The molecule has 0 saturated heterocycles. The minimum absolute atomic E-state index is 0.761. The fourth-order valence-electron chi connectivity index (χ4n) is 0.998. The fraction of sp³-hybridized carbons (Fsp3) is 0.182. The normalized spacial score (nSPS) is 11.0. The lowest BCUT2D eigenvalue weighted by Gasteiger charge is -2.04. The Kier molecular flexibility index (Phi) is 3.76. The van der Waals surface area contributed by atoms with E-state index in [1.54, 1.807) is 0 Å². The van der Waals surface area contributed by atoms with E-state index in [1.165, 1.54) is 11.6 Å². The Balaban J connectivity index is 2.44. The first-order valence-electron chi connectivity index (χ1n) is 4.23. The molecule has 0 atom stereocenters. The molecule has 2 nitrogen and oxygen atoms in total. The van der Waals surface area contributed by atoms with Gasteiger partial charge in [0.1, 0.15) is 6.29 Å². The summed E-state index contributed by atoms with van der Waals surface area (Å²) >= 11 is 0. The van der Waals surface area contributed by atoms with Crippen molar-refractivity contribution in [1.29, 1.82) is 0 Å². The van der Waals surface area contributed by atoms with Gasteiger partial charge >= 0.3 is 0 Å². The van der Waals surface area contributed by atoms with Crippen molar-refractivity contribution in [3.63, 3.8) is 0 Å². The van der Waals surface area contributed by atoms with Crippen molar-refractivity contribution in [3.05, 3.63) is 47.7 Å². The standard InChI is InChI=1S/C11H13NO/c1-10(7-8-13)12-9-11-5-3-2-4-6-11/h2-8,12H,9H2,1H3/b10-7-. The monoisotopic (exact) mass is 175 g/mol. The molecule has 1 N–H and O–H groups in total. The Labute approximate surface area is 78.3 Å². The van der Waals surface area contributed by atoms with Gasteiger partial charge in [0.05, 0.1) is 0 Å². The second-order valence-corrected chi connectivity index (χ2v) is 2.82.